The van der Waals surface area contributed by atoms with Gasteiger partial charge >= 0.3 is 0 Å². The van der Waals surface area contributed by atoms with E-state index in [0.717, 1.165) is 11.5 Å². The molecule has 0 aromatic carbocycles. The van der Waals surface area contributed by atoms with E-state index in [9.17, 15) is 0 Å². The summed E-state index contributed by atoms with van der Waals surface area (Å²) in [4.78, 5) is 4.11. The van der Waals surface area contributed by atoms with E-state index in [1.807, 2.05) is 6.07 Å². The minimum Gasteiger partial charge on any atom is -0.379 e. The summed E-state index contributed by atoms with van der Waals surface area (Å²) in [6, 6.07) is 3.62. The summed E-state index contributed by atoms with van der Waals surface area (Å²) in [5.74, 6) is 6.01. The first kappa shape index (κ1) is 8.55. The quantitative estimate of drug-likeness (QED) is 0.299. The van der Waals surface area contributed by atoms with Crippen LogP contribution in [0.25, 0.3) is 0 Å². The van der Waals surface area contributed by atoms with Gasteiger partial charge < -0.3 is 10.6 Å². The van der Waals surface area contributed by atoms with Crippen LogP contribution in [0.1, 0.15) is 0 Å². The Kier molecular flexibility index (Phi) is 2.22. The fraction of sp³-hybridized carbons (Fsp3) is 0.286. The number of pyridine rings is 1. The van der Waals surface area contributed by atoms with Crippen LogP contribution in [0.5, 0.6) is 0 Å². The minimum absolute atomic E-state index is 0.0153. The Hall–Kier alpha value is -1.04. The first-order valence-electron chi connectivity index (χ1n) is 3.92. The molecule has 1 aliphatic rings. The smallest absolute Gasteiger partial charge is 0.152 e. The second-order valence-corrected chi connectivity index (χ2v) is 3.16. The number of anilines is 2. The molecular weight excluding hydrogens is 190 g/mol. The first-order chi connectivity index (χ1) is 6.29. The highest BCUT2D eigenvalue weighted by Crippen LogP contribution is 2.24. The maximum atomic E-state index is 5.74. The van der Waals surface area contributed by atoms with Crippen LogP contribution in [0.15, 0.2) is 12.1 Å². The highest BCUT2D eigenvalue weighted by atomic mass is 35.5. The molecule has 0 saturated heterocycles. The van der Waals surface area contributed by atoms with Gasteiger partial charge in [-0.3, -0.25) is 5.84 Å². The Morgan fingerprint density at radius 1 is 1.62 bits per heavy atom. The Morgan fingerprint density at radius 3 is 3.23 bits per heavy atom. The van der Waals surface area contributed by atoms with Crippen LogP contribution in [0.4, 0.5) is 11.5 Å². The number of hydrogen-bond acceptors (Lipinski definition) is 5. The van der Waals surface area contributed by atoms with E-state index in [1.165, 1.54) is 0 Å². The molecule has 13 heavy (non-hydrogen) atoms. The molecule has 1 aromatic heterocycles. The maximum Gasteiger partial charge on any atom is 0.152 e. The number of aromatic nitrogens is 1. The van der Waals surface area contributed by atoms with E-state index < -0.39 is 0 Å². The Labute approximate surface area is 80.6 Å². The number of hydrogen-bond donors (Lipinski definition) is 4. The topological polar surface area (TPSA) is 75.0 Å². The van der Waals surface area contributed by atoms with Crippen LogP contribution >= 0.6 is 11.6 Å². The van der Waals surface area contributed by atoms with Crippen LogP contribution < -0.4 is 21.9 Å². The molecule has 0 radical (unpaired) electrons. The second kappa shape index (κ2) is 3.37. The van der Waals surface area contributed by atoms with Gasteiger partial charge in [0.25, 0.3) is 0 Å². The van der Waals surface area contributed by atoms with Gasteiger partial charge in [0.1, 0.15) is 11.3 Å². The lowest BCUT2D eigenvalue weighted by atomic mass is 10.3. The number of fused-ring (bicyclic) bond motifs is 1. The Bertz CT molecular complexity index is 316. The van der Waals surface area contributed by atoms with Crippen molar-refractivity contribution in [3.05, 3.63) is 17.3 Å². The largest absolute Gasteiger partial charge is 0.379 e. The molecule has 0 amide bonds. The number of rotatable bonds is 1. The molecule has 1 unspecified atom stereocenters. The number of hydrazine groups is 1. The van der Waals surface area contributed by atoms with E-state index >= 15 is 0 Å². The highest BCUT2D eigenvalue weighted by Gasteiger charge is 2.16. The lowest BCUT2D eigenvalue weighted by Crippen LogP contribution is -2.48. The zero-order chi connectivity index (χ0) is 9.26. The standard InChI is InChI=1S/C7H10ClN5/c8-5-2-1-4-7(11-5)12-6(13-9)3-10-4/h1-2,6,10,13H,3,9H2,(H,11,12). The maximum absolute atomic E-state index is 5.74. The molecule has 6 heteroatoms. The van der Waals surface area contributed by atoms with Gasteiger partial charge in [-0.15, -0.1) is 0 Å². The molecule has 2 heterocycles. The molecule has 0 fully saturated rings. The van der Waals surface area contributed by atoms with Crippen LogP contribution in [0.2, 0.25) is 5.15 Å². The summed E-state index contributed by atoms with van der Waals surface area (Å²) in [6.07, 6.45) is -0.0153. The van der Waals surface area contributed by atoms with Crippen molar-refractivity contribution < 1.29 is 0 Å². The predicted octanol–water partition coefficient (Wildman–Crippen LogP) is 0.362. The lowest BCUT2D eigenvalue weighted by molar-refractivity contribution is 0.596. The van der Waals surface area contributed by atoms with Gasteiger partial charge in [0, 0.05) is 6.54 Å². The van der Waals surface area contributed by atoms with Crippen molar-refractivity contribution >= 4 is 23.1 Å². The zero-order valence-corrected chi connectivity index (χ0v) is 7.60. The van der Waals surface area contributed by atoms with Crippen molar-refractivity contribution in [3.63, 3.8) is 0 Å². The van der Waals surface area contributed by atoms with Gasteiger partial charge in [0.2, 0.25) is 0 Å². The molecule has 0 bridgehead atoms. The number of nitrogens with one attached hydrogen (secondary N) is 3. The predicted molar refractivity (Wildman–Crippen MR) is 52.5 cm³/mol. The summed E-state index contributed by atoms with van der Waals surface area (Å²) in [5.41, 5.74) is 3.55. The normalized spacial score (nSPS) is 20.0. The van der Waals surface area contributed by atoms with Gasteiger partial charge in [-0.25, -0.2) is 10.4 Å². The van der Waals surface area contributed by atoms with Crippen LogP contribution in [-0.2, 0) is 0 Å². The summed E-state index contributed by atoms with van der Waals surface area (Å²) < 4.78 is 0. The van der Waals surface area contributed by atoms with Gasteiger partial charge in [-0.2, -0.15) is 0 Å². The van der Waals surface area contributed by atoms with E-state index in [-0.39, 0.29) is 6.17 Å². The number of nitrogens with zero attached hydrogens (tertiary/aromatic N) is 1. The van der Waals surface area contributed by atoms with E-state index in [2.05, 4.69) is 21.0 Å². The lowest BCUT2D eigenvalue weighted by Gasteiger charge is -2.26. The Morgan fingerprint density at radius 2 is 2.46 bits per heavy atom. The number of halogens is 1. The fourth-order valence-electron chi connectivity index (χ4n) is 1.22. The molecule has 1 aromatic rings. The Balaban J connectivity index is 2.27. The van der Waals surface area contributed by atoms with E-state index in [4.69, 9.17) is 17.4 Å². The van der Waals surface area contributed by atoms with Crippen LogP contribution in [-0.4, -0.2) is 17.7 Å². The van der Waals surface area contributed by atoms with Crippen molar-refractivity contribution in [1.82, 2.24) is 10.4 Å². The van der Waals surface area contributed by atoms with Crippen molar-refractivity contribution in [2.24, 2.45) is 5.84 Å². The summed E-state index contributed by atoms with van der Waals surface area (Å²) in [5, 5.41) is 6.72. The fourth-order valence-corrected chi connectivity index (χ4v) is 1.36. The average Bonchev–Trinajstić information content (AvgIpc) is 2.16. The van der Waals surface area contributed by atoms with Crippen molar-refractivity contribution in [2.75, 3.05) is 17.2 Å². The molecule has 2 rings (SSSR count). The SMILES string of the molecule is NNC1CNc2ccc(Cl)nc2N1. The molecule has 5 N–H and O–H groups in total. The third-order valence-corrected chi connectivity index (χ3v) is 2.08. The molecule has 0 aliphatic carbocycles. The van der Waals surface area contributed by atoms with Gasteiger partial charge in [-0.1, -0.05) is 11.6 Å². The molecule has 5 nitrogen and oxygen atoms in total. The van der Waals surface area contributed by atoms with Gasteiger partial charge in [0.05, 0.1) is 5.69 Å². The molecule has 0 spiro atoms. The third-order valence-electron chi connectivity index (χ3n) is 1.87. The van der Waals surface area contributed by atoms with Crippen LogP contribution in [0, 0.1) is 0 Å². The molecule has 70 valence electrons. The van der Waals surface area contributed by atoms with Gasteiger partial charge in [-0.05, 0) is 12.1 Å². The molecular formula is C7H10ClN5. The minimum atomic E-state index is -0.0153. The van der Waals surface area contributed by atoms with Gasteiger partial charge in [0.15, 0.2) is 5.82 Å². The summed E-state index contributed by atoms with van der Waals surface area (Å²) in [7, 11) is 0. The van der Waals surface area contributed by atoms with Crippen molar-refractivity contribution in [3.8, 4) is 0 Å². The van der Waals surface area contributed by atoms with Crippen molar-refractivity contribution in [2.45, 2.75) is 6.17 Å². The molecule has 0 saturated carbocycles. The van der Waals surface area contributed by atoms with E-state index in [0.29, 0.717) is 11.7 Å². The molecule has 1 aliphatic heterocycles. The monoisotopic (exact) mass is 199 g/mol. The van der Waals surface area contributed by atoms with E-state index in [1.54, 1.807) is 6.07 Å². The number of nitrogens with two attached hydrogens (primary N) is 1. The first-order valence-corrected chi connectivity index (χ1v) is 4.30. The zero-order valence-electron chi connectivity index (χ0n) is 6.84. The third kappa shape index (κ3) is 1.67. The second-order valence-electron chi connectivity index (χ2n) is 2.77. The highest BCUT2D eigenvalue weighted by molar-refractivity contribution is 6.29. The molecule has 1 atom stereocenters. The van der Waals surface area contributed by atoms with Crippen molar-refractivity contribution in [1.29, 1.82) is 0 Å². The summed E-state index contributed by atoms with van der Waals surface area (Å²) in [6.45, 7) is 0.715. The average molecular weight is 200 g/mol. The summed E-state index contributed by atoms with van der Waals surface area (Å²) >= 11 is 5.74. The van der Waals surface area contributed by atoms with Crippen LogP contribution in [0.3, 0.4) is 0 Å².